The Morgan fingerprint density at radius 3 is 2.30 bits per heavy atom. The second-order valence-electron chi connectivity index (χ2n) is 8.78. The minimum Gasteiger partial charge on any atom is -0.345 e. The van der Waals surface area contributed by atoms with Gasteiger partial charge in [0.2, 0.25) is 5.91 Å². The number of nitrogens with zero attached hydrogens (tertiary/aromatic N) is 2. The van der Waals surface area contributed by atoms with Crippen LogP contribution in [0.2, 0.25) is 0 Å². The molecule has 0 saturated heterocycles. The molecule has 0 aromatic carbocycles. The summed E-state index contributed by atoms with van der Waals surface area (Å²) in [5, 5.41) is 7.39. The molecule has 0 spiro atoms. The Morgan fingerprint density at radius 1 is 1.26 bits per heavy atom. The lowest BCUT2D eigenvalue weighted by Gasteiger charge is -2.34. The van der Waals surface area contributed by atoms with Crippen LogP contribution in [0.4, 0.5) is 0 Å². The number of hydrogen-bond donors (Lipinski definition) is 1. The lowest BCUT2D eigenvalue weighted by Crippen LogP contribution is -2.53. The van der Waals surface area contributed by atoms with E-state index in [1.165, 1.54) is 0 Å². The van der Waals surface area contributed by atoms with Crippen molar-refractivity contribution in [1.29, 1.82) is 0 Å². The molecule has 1 N–H and O–H groups in total. The molecule has 1 aliphatic rings. The van der Waals surface area contributed by atoms with Gasteiger partial charge in [0.25, 0.3) is 0 Å². The van der Waals surface area contributed by atoms with Gasteiger partial charge in [0, 0.05) is 30.5 Å². The normalized spacial score (nSPS) is 22.6. The Balaban J connectivity index is 2.06. The quantitative estimate of drug-likeness (QED) is 0.928. The highest BCUT2D eigenvalue weighted by molar-refractivity contribution is 5.94. The number of Topliss-reactive ketones (excluding diaryl/α,β-unsaturated/α-hetero) is 1. The predicted molar refractivity (Wildman–Crippen MR) is 89.9 cm³/mol. The third-order valence-corrected chi connectivity index (χ3v) is 4.40. The fourth-order valence-corrected chi connectivity index (χ4v) is 2.80. The Labute approximate surface area is 138 Å². The first kappa shape index (κ1) is 17.7. The van der Waals surface area contributed by atoms with Crippen LogP contribution < -0.4 is 5.32 Å². The summed E-state index contributed by atoms with van der Waals surface area (Å²) in [4.78, 5) is 25.3. The molecule has 5 heteroatoms. The summed E-state index contributed by atoms with van der Waals surface area (Å²) in [6.45, 7) is 11.7. The summed E-state index contributed by atoms with van der Waals surface area (Å²) in [6.07, 6.45) is 2.70. The molecular weight excluding hydrogens is 290 g/mol. The number of aromatic nitrogens is 2. The minimum absolute atomic E-state index is 0.0295. The maximum Gasteiger partial charge on any atom is 0.224 e. The second-order valence-corrected chi connectivity index (χ2v) is 8.78. The Bertz CT molecular complexity index is 605. The van der Waals surface area contributed by atoms with Gasteiger partial charge >= 0.3 is 0 Å². The number of amides is 1. The van der Waals surface area contributed by atoms with Crippen LogP contribution in [0.5, 0.6) is 0 Å². The van der Waals surface area contributed by atoms with Gasteiger partial charge in [-0.15, -0.1) is 0 Å². The van der Waals surface area contributed by atoms with Crippen LogP contribution in [0, 0.1) is 16.7 Å². The van der Waals surface area contributed by atoms with E-state index in [4.69, 9.17) is 0 Å². The van der Waals surface area contributed by atoms with E-state index in [1.54, 1.807) is 4.68 Å². The molecule has 0 bridgehead atoms. The monoisotopic (exact) mass is 319 g/mol. The van der Waals surface area contributed by atoms with Crippen LogP contribution in [-0.2, 0) is 16.6 Å². The number of carbonyl (C=O) groups excluding carboxylic acids is 2. The van der Waals surface area contributed by atoms with Gasteiger partial charge in [-0.25, -0.2) is 0 Å². The molecule has 2 unspecified atom stereocenters. The molecule has 2 rings (SSSR count). The highest BCUT2D eigenvalue weighted by atomic mass is 16.2. The molecule has 0 aliphatic heterocycles. The fourth-order valence-electron chi connectivity index (χ4n) is 2.80. The molecule has 3 atom stereocenters. The molecule has 1 aliphatic carbocycles. The first-order valence-corrected chi connectivity index (χ1v) is 8.25. The average molecular weight is 319 g/mol. The van der Waals surface area contributed by atoms with E-state index >= 15 is 0 Å². The van der Waals surface area contributed by atoms with Gasteiger partial charge in [0.15, 0.2) is 5.78 Å². The SMILES string of the molecule is Cn1ccc(C2CC2C(=O)N[C@H](C(=O)C(C)(C)C)C(C)(C)C)n1. The number of aryl methyl sites for hydroxylation is 1. The summed E-state index contributed by atoms with van der Waals surface area (Å²) in [5.41, 5.74) is 0.173. The van der Waals surface area contributed by atoms with E-state index in [0.29, 0.717) is 0 Å². The van der Waals surface area contributed by atoms with E-state index in [2.05, 4.69) is 10.4 Å². The van der Waals surface area contributed by atoms with Gasteiger partial charge in [-0.1, -0.05) is 41.5 Å². The highest BCUT2D eigenvalue weighted by Crippen LogP contribution is 2.47. The number of nitrogens with one attached hydrogen (secondary N) is 1. The zero-order valence-electron chi connectivity index (χ0n) is 15.3. The summed E-state index contributed by atoms with van der Waals surface area (Å²) < 4.78 is 1.75. The molecule has 1 fully saturated rings. The van der Waals surface area contributed by atoms with Crippen molar-refractivity contribution in [2.45, 2.75) is 59.9 Å². The van der Waals surface area contributed by atoms with Crippen LogP contribution in [0.3, 0.4) is 0 Å². The highest BCUT2D eigenvalue weighted by Gasteiger charge is 2.47. The van der Waals surface area contributed by atoms with Crippen molar-refractivity contribution in [3.63, 3.8) is 0 Å². The van der Waals surface area contributed by atoms with Gasteiger partial charge in [-0.2, -0.15) is 5.10 Å². The third-order valence-electron chi connectivity index (χ3n) is 4.40. The Kier molecular flexibility index (Phi) is 4.44. The first-order valence-electron chi connectivity index (χ1n) is 8.25. The number of ketones is 1. The summed E-state index contributed by atoms with van der Waals surface area (Å²) in [6, 6.07) is 1.49. The van der Waals surface area contributed by atoms with E-state index in [0.717, 1.165) is 12.1 Å². The van der Waals surface area contributed by atoms with Gasteiger partial charge < -0.3 is 5.32 Å². The molecule has 23 heavy (non-hydrogen) atoms. The Morgan fingerprint density at radius 2 is 1.87 bits per heavy atom. The maximum atomic E-state index is 12.7. The van der Waals surface area contributed by atoms with Crippen molar-refractivity contribution in [1.82, 2.24) is 15.1 Å². The number of hydrogen-bond acceptors (Lipinski definition) is 3. The fraction of sp³-hybridized carbons (Fsp3) is 0.722. The molecule has 128 valence electrons. The molecule has 0 radical (unpaired) electrons. The lowest BCUT2D eigenvalue weighted by atomic mass is 9.75. The van der Waals surface area contributed by atoms with Gasteiger partial charge in [-0.3, -0.25) is 14.3 Å². The molecule has 5 nitrogen and oxygen atoms in total. The van der Waals surface area contributed by atoms with E-state index in [1.807, 2.05) is 60.9 Å². The molecule has 1 saturated carbocycles. The van der Waals surface area contributed by atoms with Crippen molar-refractivity contribution in [2.24, 2.45) is 23.8 Å². The van der Waals surface area contributed by atoms with Crippen molar-refractivity contribution in [2.75, 3.05) is 0 Å². The minimum atomic E-state index is -0.477. The van der Waals surface area contributed by atoms with Gasteiger partial charge in [-0.05, 0) is 17.9 Å². The topological polar surface area (TPSA) is 64.0 Å². The molecule has 1 amide bonds. The van der Waals surface area contributed by atoms with Crippen molar-refractivity contribution in [3.8, 4) is 0 Å². The van der Waals surface area contributed by atoms with Crippen LogP contribution in [0.1, 0.15) is 59.6 Å². The largest absolute Gasteiger partial charge is 0.345 e. The van der Waals surface area contributed by atoms with Crippen molar-refractivity contribution < 1.29 is 9.59 Å². The summed E-state index contributed by atoms with van der Waals surface area (Å²) in [7, 11) is 1.87. The maximum absolute atomic E-state index is 12.7. The number of carbonyl (C=O) groups is 2. The molecule has 1 aromatic heterocycles. The Hall–Kier alpha value is -1.65. The summed E-state index contributed by atoms with van der Waals surface area (Å²) >= 11 is 0. The standard InChI is InChI=1S/C18H29N3O2/c1-17(2,3)14(15(22)18(4,5)6)19-16(23)12-10-11(12)13-8-9-21(7)20-13/h8-9,11-12,14H,10H2,1-7H3,(H,19,23)/t11?,12?,14-/m1/s1. The smallest absolute Gasteiger partial charge is 0.224 e. The van der Waals surface area contributed by atoms with E-state index < -0.39 is 11.5 Å². The zero-order chi connectivity index (χ0) is 17.6. The lowest BCUT2D eigenvalue weighted by molar-refractivity contribution is -0.135. The van der Waals surface area contributed by atoms with E-state index in [9.17, 15) is 9.59 Å². The molecular formula is C18H29N3O2. The molecule has 1 aromatic rings. The zero-order valence-corrected chi connectivity index (χ0v) is 15.3. The van der Waals surface area contributed by atoms with Crippen LogP contribution >= 0.6 is 0 Å². The van der Waals surface area contributed by atoms with E-state index in [-0.39, 0.29) is 28.9 Å². The summed E-state index contributed by atoms with van der Waals surface area (Å²) in [5.74, 6) is 0.163. The average Bonchev–Trinajstić information content (AvgIpc) is 3.08. The molecule has 1 heterocycles. The van der Waals surface area contributed by atoms with Crippen molar-refractivity contribution in [3.05, 3.63) is 18.0 Å². The van der Waals surface area contributed by atoms with Gasteiger partial charge in [0.1, 0.15) is 0 Å². The van der Waals surface area contributed by atoms with Gasteiger partial charge in [0.05, 0.1) is 11.7 Å². The third kappa shape index (κ3) is 4.01. The second kappa shape index (κ2) is 5.77. The van der Waals surface area contributed by atoms with Crippen LogP contribution in [0.15, 0.2) is 12.3 Å². The first-order chi connectivity index (χ1) is 10.4. The van der Waals surface area contributed by atoms with Crippen molar-refractivity contribution >= 4 is 11.7 Å². The number of rotatable bonds is 4. The van der Waals surface area contributed by atoms with Crippen LogP contribution in [-0.4, -0.2) is 27.5 Å². The van der Waals surface area contributed by atoms with Crippen LogP contribution in [0.25, 0.3) is 0 Å². The predicted octanol–water partition coefficient (Wildman–Crippen LogP) is 2.67.